The zero-order chi connectivity index (χ0) is 14.1. The van der Waals surface area contributed by atoms with Crippen molar-refractivity contribution in [1.29, 1.82) is 0 Å². The first kappa shape index (κ1) is 19.1. The van der Waals surface area contributed by atoms with Gasteiger partial charge in [0.2, 0.25) is 0 Å². The molecule has 0 N–H and O–H groups in total. The molecule has 18 heavy (non-hydrogen) atoms. The number of hydrogen-bond acceptors (Lipinski definition) is 3. The maximum absolute atomic E-state index is 11.3. The maximum atomic E-state index is 11.3. The van der Waals surface area contributed by atoms with Crippen LogP contribution in [0.5, 0.6) is 0 Å². The SMILES string of the molecule is CC(=O)C1CN(C)CCN(C)CC[N-]1.[Cl][Ti+]([Cl])[Cl]. The number of likely N-dealkylation sites (N-methyl/N-ethyl adjacent to an activating group) is 2. The number of halogens is 3. The number of ketones is 1. The van der Waals surface area contributed by atoms with Crippen molar-refractivity contribution < 1.29 is 19.5 Å². The summed E-state index contributed by atoms with van der Waals surface area (Å²) in [6.45, 7) is 6.19. The normalized spacial score (nSPS) is 23.1. The standard InChI is InChI=1S/C10H20N3O.3ClH.Ti/c1-9(14)10-8-13(3)7-6-12(2)5-4-11-10;;;;/h10H,4-8H2,1-3H3;3*1H;/q-1;;;;+4/p-3. The predicted octanol–water partition coefficient (Wildman–Crippen LogP) is 2.26. The first-order chi connectivity index (χ1) is 8.32. The molecule has 106 valence electrons. The van der Waals surface area contributed by atoms with Crippen molar-refractivity contribution in [2.24, 2.45) is 0 Å². The molecule has 1 atom stereocenters. The zero-order valence-corrected chi connectivity index (χ0v) is 14.8. The van der Waals surface area contributed by atoms with Crippen LogP contribution >= 0.6 is 27.9 Å². The Bertz CT molecular complexity index is 244. The Morgan fingerprint density at radius 1 is 1.17 bits per heavy atom. The molecule has 1 fully saturated rings. The van der Waals surface area contributed by atoms with Gasteiger partial charge in [-0.15, -0.1) is 6.54 Å². The van der Waals surface area contributed by atoms with Gasteiger partial charge < -0.3 is 19.9 Å². The fourth-order valence-electron chi connectivity index (χ4n) is 1.54. The third kappa shape index (κ3) is 11.0. The van der Waals surface area contributed by atoms with E-state index >= 15 is 0 Å². The monoisotopic (exact) mass is 351 g/mol. The van der Waals surface area contributed by atoms with Crippen LogP contribution in [0.3, 0.4) is 0 Å². The van der Waals surface area contributed by atoms with E-state index in [-0.39, 0.29) is 11.8 Å². The van der Waals surface area contributed by atoms with E-state index in [1.165, 1.54) is 0 Å². The van der Waals surface area contributed by atoms with Crippen LogP contribution in [0.2, 0.25) is 0 Å². The molecule has 8 heteroatoms. The van der Waals surface area contributed by atoms with E-state index in [4.69, 9.17) is 27.9 Å². The van der Waals surface area contributed by atoms with Gasteiger partial charge in [-0.3, -0.25) is 0 Å². The number of carbonyl (C=O) groups is 1. The van der Waals surface area contributed by atoms with Crippen molar-refractivity contribution in [3.05, 3.63) is 5.32 Å². The van der Waals surface area contributed by atoms with Crippen LogP contribution in [-0.2, 0) is 19.5 Å². The Morgan fingerprint density at radius 2 is 1.67 bits per heavy atom. The Labute approximate surface area is 127 Å². The Balaban J connectivity index is 0.000000631. The van der Waals surface area contributed by atoms with Gasteiger partial charge in [-0.05, 0) is 34.1 Å². The Kier molecular flexibility index (Phi) is 11.6. The molecular formula is C10H20Cl3N3OTi. The van der Waals surface area contributed by atoms with E-state index in [9.17, 15) is 4.79 Å². The van der Waals surface area contributed by atoms with Crippen LogP contribution in [-0.4, -0.2) is 68.4 Å². The van der Waals surface area contributed by atoms with Gasteiger partial charge in [-0.25, -0.2) is 0 Å². The quantitative estimate of drug-likeness (QED) is 0.680. The van der Waals surface area contributed by atoms with Crippen molar-refractivity contribution in [3.8, 4) is 0 Å². The number of rotatable bonds is 1. The second kappa shape index (κ2) is 10.9. The third-order valence-corrected chi connectivity index (χ3v) is 2.65. The first-order valence-electron chi connectivity index (χ1n) is 5.70. The molecule has 0 aromatic heterocycles. The molecule has 4 nitrogen and oxygen atoms in total. The molecule has 0 amide bonds. The molecule has 0 aromatic carbocycles. The van der Waals surface area contributed by atoms with E-state index < -0.39 is 14.7 Å². The molecule has 1 unspecified atom stereocenters. The first-order valence-corrected chi connectivity index (χ1v) is 12.1. The predicted molar refractivity (Wildman–Crippen MR) is 75.2 cm³/mol. The van der Waals surface area contributed by atoms with Gasteiger partial charge >= 0.3 is 42.6 Å². The molecule has 1 saturated heterocycles. The minimum atomic E-state index is -1.92. The molecule has 1 aliphatic heterocycles. The zero-order valence-electron chi connectivity index (χ0n) is 11.0. The average Bonchev–Trinajstić information content (AvgIpc) is 2.30. The van der Waals surface area contributed by atoms with Crippen molar-refractivity contribution in [2.45, 2.75) is 13.0 Å². The van der Waals surface area contributed by atoms with Crippen LogP contribution in [0, 0.1) is 0 Å². The van der Waals surface area contributed by atoms with Gasteiger partial charge in [0, 0.05) is 13.1 Å². The van der Waals surface area contributed by atoms with Crippen molar-refractivity contribution in [3.63, 3.8) is 0 Å². The van der Waals surface area contributed by atoms with E-state index in [0.717, 1.165) is 32.7 Å². The summed E-state index contributed by atoms with van der Waals surface area (Å²) in [5.41, 5.74) is 0. The van der Waals surface area contributed by atoms with Gasteiger partial charge in [0.25, 0.3) is 0 Å². The van der Waals surface area contributed by atoms with E-state index in [0.29, 0.717) is 0 Å². The van der Waals surface area contributed by atoms with Crippen molar-refractivity contribution in [1.82, 2.24) is 9.80 Å². The minimum absolute atomic E-state index is 0.119. The summed E-state index contributed by atoms with van der Waals surface area (Å²) in [5.74, 6) is 0.182. The number of nitrogens with zero attached hydrogens (tertiary/aromatic N) is 3. The van der Waals surface area contributed by atoms with Crippen molar-refractivity contribution in [2.75, 3.05) is 46.8 Å². The third-order valence-electron chi connectivity index (χ3n) is 2.65. The summed E-state index contributed by atoms with van der Waals surface area (Å²) in [6, 6.07) is -0.119. The summed E-state index contributed by atoms with van der Waals surface area (Å²) < 4.78 is 0. The topological polar surface area (TPSA) is 37.7 Å². The number of Topliss-reactive ketones (excluding diaryl/α,β-unsaturated/α-hetero) is 1. The van der Waals surface area contributed by atoms with Gasteiger partial charge in [-0.2, -0.15) is 0 Å². The molecule has 0 aromatic rings. The molecule has 1 heterocycles. The van der Waals surface area contributed by atoms with Gasteiger partial charge in [0.15, 0.2) is 0 Å². The van der Waals surface area contributed by atoms with Crippen LogP contribution in [0.4, 0.5) is 0 Å². The van der Waals surface area contributed by atoms with Gasteiger partial charge in [0.1, 0.15) is 5.78 Å². The summed E-state index contributed by atoms with van der Waals surface area (Å²) >= 11 is -1.92. The average molecular weight is 353 g/mol. The van der Waals surface area contributed by atoms with E-state index in [1.807, 2.05) is 7.05 Å². The number of hydrogen-bond donors (Lipinski definition) is 0. The van der Waals surface area contributed by atoms with Gasteiger partial charge in [-0.1, -0.05) is 6.04 Å². The molecule has 1 aliphatic rings. The van der Waals surface area contributed by atoms with Crippen LogP contribution < -0.4 is 0 Å². The molecular weight excluding hydrogens is 332 g/mol. The summed E-state index contributed by atoms with van der Waals surface area (Å²) in [4.78, 5) is 15.7. The van der Waals surface area contributed by atoms with Gasteiger partial charge in [0.05, 0.1) is 0 Å². The van der Waals surface area contributed by atoms with E-state index in [1.54, 1.807) is 6.92 Å². The molecule has 0 aliphatic carbocycles. The summed E-state index contributed by atoms with van der Waals surface area (Å²) in [6.07, 6.45) is 0. The van der Waals surface area contributed by atoms with Crippen LogP contribution in [0.25, 0.3) is 5.32 Å². The second-order valence-corrected chi connectivity index (χ2v) is 12.0. The Hall–Kier alpha value is 1.13. The fraction of sp³-hybridized carbons (Fsp3) is 0.900. The molecule has 0 saturated carbocycles. The van der Waals surface area contributed by atoms with Crippen LogP contribution in [0.15, 0.2) is 0 Å². The van der Waals surface area contributed by atoms with Crippen molar-refractivity contribution >= 4 is 33.7 Å². The Morgan fingerprint density at radius 3 is 2.17 bits per heavy atom. The molecule has 0 spiro atoms. The summed E-state index contributed by atoms with van der Waals surface area (Å²) in [7, 11) is 19.1. The van der Waals surface area contributed by atoms with E-state index in [2.05, 4.69) is 22.2 Å². The molecule has 0 radical (unpaired) electrons. The number of carbonyl (C=O) groups excluding carboxylic acids is 1. The summed E-state index contributed by atoms with van der Waals surface area (Å²) in [5, 5.41) is 4.41. The molecule has 1 rings (SSSR count). The molecule has 0 bridgehead atoms. The second-order valence-electron chi connectivity index (χ2n) is 4.31. The van der Waals surface area contributed by atoms with Crippen LogP contribution in [0.1, 0.15) is 6.92 Å². The fourth-order valence-corrected chi connectivity index (χ4v) is 1.54.